The molecule has 0 bridgehead atoms. The summed E-state index contributed by atoms with van der Waals surface area (Å²) in [6, 6.07) is 2.00. The molecule has 0 aliphatic heterocycles. The third-order valence-electron chi connectivity index (χ3n) is 3.79. The molecule has 0 aromatic carbocycles. The highest BCUT2D eigenvalue weighted by Gasteiger charge is 2.24. The summed E-state index contributed by atoms with van der Waals surface area (Å²) in [7, 11) is 2.05. The van der Waals surface area contributed by atoms with Gasteiger partial charge in [0.05, 0.1) is 5.02 Å². The van der Waals surface area contributed by atoms with Gasteiger partial charge in [0.1, 0.15) is 5.82 Å². The van der Waals surface area contributed by atoms with Gasteiger partial charge < -0.3 is 10.2 Å². The lowest BCUT2D eigenvalue weighted by Gasteiger charge is -2.36. The first-order valence-corrected chi connectivity index (χ1v) is 7.58. The molecule has 1 heterocycles. The van der Waals surface area contributed by atoms with Crippen molar-refractivity contribution in [2.45, 2.75) is 65.6 Å². The molecule has 4 heteroatoms. The molecule has 0 atom stereocenters. The van der Waals surface area contributed by atoms with Crippen molar-refractivity contribution >= 4 is 17.4 Å². The number of aromatic nitrogens is 1. The van der Waals surface area contributed by atoms with E-state index in [0.717, 1.165) is 24.3 Å². The summed E-state index contributed by atoms with van der Waals surface area (Å²) in [5.41, 5.74) is 1.24. The molecule has 0 amide bonds. The second-order valence-electron chi connectivity index (χ2n) is 6.98. The van der Waals surface area contributed by atoms with E-state index in [2.05, 4.69) is 56.7 Å². The van der Waals surface area contributed by atoms with E-state index in [4.69, 9.17) is 11.6 Å². The van der Waals surface area contributed by atoms with Crippen LogP contribution in [0, 0.1) is 0 Å². The Balaban J connectivity index is 2.89. The summed E-state index contributed by atoms with van der Waals surface area (Å²) < 4.78 is 0. The molecule has 0 unspecified atom stereocenters. The molecule has 0 fully saturated rings. The van der Waals surface area contributed by atoms with E-state index in [1.165, 1.54) is 0 Å². The van der Waals surface area contributed by atoms with E-state index < -0.39 is 0 Å². The summed E-state index contributed by atoms with van der Waals surface area (Å²) >= 11 is 6.41. The van der Waals surface area contributed by atoms with Crippen LogP contribution in [-0.4, -0.2) is 23.1 Å². The molecule has 0 saturated carbocycles. The predicted molar refractivity (Wildman–Crippen MR) is 88.6 cm³/mol. The van der Waals surface area contributed by atoms with Crippen LogP contribution in [0.15, 0.2) is 12.3 Å². The average molecular weight is 298 g/mol. The van der Waals surface area contributed by atoms with Gasteiger partial charge in [0.15, 0.2) is 0 Å². The quantitative estimate of drug-likeness (QED) is 0.881. The number of nitrogens with zero attached hydrogens (tertiary/aromatic N) is 2. The molecular weight excluding hydrogens is 270 g/mol. The summed E-state index contributed by atoms with van der Waals surface area (Å²) in [5, 5.41) is 4.15. The molecule has 3 nitrogen and oxygen atoms in total. The van der Waals surface area contributed by atoms with Gasteiger partial charge in [-0.25, -0.2) is 4.98 Å². The lowest BCUT2D eigenvalue weighted by Crippen LogP contribution is -2.41. The van der Waals surface area contributed by atoms with Crippen molar-refractivity contribution in [2.75, 3.05) is 11.9 Å². The molecule has 1 aromatic heterocycles. The SMILES string of the molecule is CCC(C)(C)N(C)c1ncc(CNC(C)(C)C)cc1Cl. The minimum Gasteiger partial charge on any atom is -0.353 e. The van der Waals surface area contributed by atoms with Crippen LogP contribution in [0.5, 0.6) is 0 Å². The molecule has 0 radical (unpaired) electrons. The van der Waals surface area contributed by atoms with Crippen LogP contribution in [0.25, 0.3) is 0 Å². The fourth-order valence-electron chi connectivity index (χ4n) is 1.70. The van der Waals surface area contributed by atoms with Crippen molar-refractivity contribution in [3.05, 3.63) is 22.8 Å². The topological polar surface area (TPSA) is 28.2 Å². The van der Waals surface area contributed by atoms with Gasteiger partial charge >= 0.3 is 0 Å². The van der Waals surface area contributed by atoms with Gasteiger partial charge in [-0.3, -0.25) is 0 Å². The first-order valence-electron chi connectivity index (χ1n) is 7.20. The van der Waals surface area contributed by atoms with Gasteiger partial charge in [-0.05, 0) is 52.7 Å². The van der Waals surface area contributed by atoms with Crippen molar-refractivity contribution in [3.8, 4) is 0 Å². The number of anilines is 1. The van der Waals surface area contributed by atoms with Crippen LogP contribution in [-0.2, 0) is 6.54 Å². The third kappa shape index (κ3) is 4.64. The summed E-state index contributed by atoms with van der Waals surface area (Å²) in [4.78, 5) is 6.70. The zero-order valence-electron chi connectivity index (χ0n) is 13.8. The van der Waals surface area contributed by atoms with E-state index in [1.54, 1.807) is 0 Å². The van der Waals surface area contributed by atoms with E-state index in [0.29, 0.717) is 5.02 Å². The van der Waals surface area contributed by atoms with Crippen molar-refractivity contribution < 1.29 is 0 Å². The largest absolute Gasteiger partial charge is 0.353 e. The van der Waals surface area contributed by atoms with Crippen molar-refractivity contribution in [3.63, 3.8) is 0 Å². The summed E-state index contributed by atoms with van der Waals surface area (Å²) in [5.74, 6) is 0.845. The standard InChI is InChI=1S/C16H28ClN3/c1-8-16(5,6)20(7)14-13(17)9-12(10-18-14)11-19-15(2,3)4/h9-10,19H,8,11H2,1-7H3. The maximum absolute atomic E-state index is 6.41. The van der Waals surface area contributed by atoms with Crippen LogP contribution in [0.1, 0.15) is 53.5 Å². The highest BCUT2D eigenvalue weighted by molar-refractivity contribution is 6.33. The number of hydrogen-bond donors (Lipinski definition) is 1. The second-order valence-corrected chi connectivity index (χ2v) is 7.38. The Bertz CT molecular complexity index is 450. The van der Waals surface area contributed by atoms with Crippen LogP contribution >= 0.6 is 11.6 Å². The van der Waals surface area contributed by atoms with Crippen molar-refractivity contribution in [1.82, 2.24) is 10.3 Å². The molecular formula is C16H28ClN3. The smallest absolute Gasteiger partial charge is 0.147 e. The van der Waals surface area contributed by atoms with Gasteiger partial charge in [-0.1, -0.05) is 18.5 Å². The van der Waals surface area contributed by atoms with Crippen LogP contribution in [0.4, 0.5) is 5.82 Å². The first-order chi connectivity index (χ1) is 9.07. The number of rotatable bonds is 5. The zero-order chi connectivity index (χ0) is 15.6. The Labute approximate surface area is 128 Å². The highest BCUT2D eigenvalue weighted by atomic mass is 35.5. The number of nitrogens with one attached hydrogen (secondary N) is 1. The Kier molecular flexibility index (Phi) is 5.45. The Hall–Kier alpha value is -0.800. The van der Waals surface area contributed by atoms with Gasteiger partial charge in [-0.2, -0.15) is 0 Å². The predicted octanol–water partition coefficient (Wildman–Crippen LogP) is 4.25. The minimum absolute atomic E-state index is 0.0435. The van der Waals surface area contributed by atoms with E-state index >= 15 is 0 Å². The molecule has 0 spiro atoms. The number of hydrogen-bond acceptors (Lipinski definition) is 3. The molecule has 114 valence electrons. The third-order valence-corrected chi connectivity index (χ3v) is 4.07. The molecule has 0 aliphatic rings. The zero-order valence-corrected chi connectivity index (χ0v) is 14.6. The average Bonchev–Trinajstić information content (AvgIpc) is 2.35. The van der Waals surface area contributed by atoms with Gasteiger partial charge in [-0.15, -0.1) is 0 Å². The van der Waals surface area contributed by atoms with Gasteiger partial charge in [0.2, 0.25) is 0 Å². The van der Waals surface area contributed by atoms with Gasteiger partial charge in [0.25, 0.3) is 0 Å². The van der Waals surface area contributed by atoms with E-state index in [-0.39, 0.29) is 11.1 Å². The number of halogens is 1. The molecule has 0 aliphatic carbocycles. The molecule has 1 rings (SSSR count). The van der Waals surface area contributed by atoms with Crippen molar-refractivity contribution in [2.24, 2.45) is 0 Å². The molecule has 1 aromatic rings. The minimum atomic E-state index is 0.0435. The lowest BCUT2D eigenvalue weighted by molar-refractivity contribution is 0.424. The highest BCUT2D eigenvalue weighted by Crippen LogP contribution is 2.29. The second kappa shape index (κ2) is 6.31. The summed E-state index contributed by atoms with van der Waals surface area (Å²) in [6.45, 7) is 13.8. The van der Waals surface area contributed by atoms with E-state index in [1.807, 2.05) is 19.3 Å². The van der Waals surface area contributed by atoms with Crippen LogP contribution < -0.4 is 10.2 Å². The normalized spacial score (nSPS) is 12.6. The molecule has 0 saturated heterocycles. The maximum Gasteiger partial charge on any atom is 0.147 e. The maximum atomic E-state index is 6.41. The van der Waals surface area contributed by atoms with Crippen LogP contribution in [0.2, 0.25) is 5.02 Å². The van der Waals surface area contributed by atoms with E-state index in [9.17, 15) is 0 Å². The Morgan fingerprint density at radius 1 is 1.25 bits per heavy atom. The number of pyridine rings is 1. The van der Waals surface area contributed by atoms with Gasteiger partial charge in [0, 0.05) is 30.9 Å². The molecule has 1 N–H and O–H groups in total. The summed E-state index contributed by atoms with van der Waals surface area (Å²) in [6.07, 6.45) is 2.94. The lowest BCUT2D eigenvalue weighted by atomic mass is 10.00. The fourth-order valence-corrected chi connectivity index (χ4v) is 2.02. The van der Waals surface area contributed by atoms with Crippen LogP contribution in [0.3, 0.4) is 0 Å². The monoisotopic (exact) mass is 297 g/mol. The Morgan fingerprint density at radius 3 is 2.30 bits per heavy atom. The fraction of sp³-hybridized carbons (Fsp3) is 0.688. The van der Waals surface area contributed by atoms with Crippen molar-refractivity contribution in [1.29, 1.82) is 0 Å². The first kappa shape index (κ1) is 17.3. The molecule has 20 heavy (non-hydrogen) atoms. The Morgan fingerprint density at radius 2 is 1.85 bits per heavy atom.